The van der Waals surface area contributed by atoms with E-state index in [-0.39, 0.29) is 11.5 Å². The van der Waals surface area contributed by atoms with Crippen molar-refractivity contribution in [3.05, 3.63) is 72.4 Å². The second-order valence-electron chi connectivity index (χ2n) is 5.82. The van der Waals surface area contributed by atoms with Gasteiger partial charge in [0.2, 0.25) is 0 Å². The van der Waals surface area contributed by atoms with Gasteiger partial charge < -0.3 is 19.7 Å². The third-order valence-corrected chi connectivity index (χ3v) is 3.77. The van der Waals surface area contributed by atoms with Crippen molar-refractivity contribution in [2.75, 3.05) is 6.61 Å². The predicted octanol–water partition coefficient (Wildman–Crippen LogP) is 4.47. The van der Waals surface area contributed by atoms with Crippen LogP contribution in [0.2, 0.25) is 0 Å². The lowest BCUT2D eigenvalue weighted by Crippen LogP contribution is -2.16. The third-order valence-electron chi connectivity index (χ3n) is 3.77. The molecule has 8 heteroatoms. The molecule has 0 aliphatic heterocycles. The molecule has 1 heterocycles. The van der Waals surface area contributed by atoms with E-state index in [4.69, 9.17) is 9.84 Å². The molecule has 2 N–H and O–H groups in total. The van der Waals surface area contributed by atoms with Crippen LogP contribution in [0, 0.1) is 0 Å². The lowest BCUT2D eigenvalue weighted by Gasteiger charge is -2.11. The molecule has 0 aliphatic carbocycles. The maximum absolute atomic E-state index is 12.3. The summed E-state index contributed by atoms with van der Waals surface area (Å²) >= 11 is 0. The van der Waals surface area contributed by atoms with Crippen molar-refractivity contribution in [1.29, 1.82) is 0 Å². The summed E-state index contributed by atoms with van der Waals surface area (Å²) < 4.78 is 46.4. The zero-order chi connectivity index (χ0) is 20.1. The summed E-state index contributed by atoms with van der Waals surface area (Å²) in [5.41, 5.74) is 1.87. The van der Waals surface area contributed by atoms with E-state index < -0.39 is 19.1 Å². The number of pyridine rings is 1. The number of aliphatic hydroxyl groups excluding tert-OH is 2. The number of aromatic nitrogens is 1. The van der Waals surface area contributed by atoms with E-state index in [1.54, 1.807) is 36.4 Å². The second-order valence-corrected chi connectivity index (χ2v) is 5.82. The molecule has 0 aliphatic rings. The molecule has 1 aromatic heterocycles. The SMILES string of the molecule is OC[C@H](O)c1ccnc(-c2ccc(Oc3cccc(OC(F)(F)F)c3)cc2)c1. The zero-order valence-electron chi connectivity index (χ0n) is 14.4. The average molecular weight is 391 g/mol. The van der Waals surface area contributed by atoms with Crippen LogP contribution in [0.5, 0.6) is 17.2 Å². The molecule has 146 valence electrons. The van der Waals surface area contributed by atoms with Crippen LogP contribution in [0.15, 0.2) is 66.9 Å². The van der Waals surface area contributed by atoms with Crippen LogP contribution in [0.25, 0.3) is 11.3 Å². The summed E-state index contributed by atoms with van der Waals surface area (Å²) in [6.45, 7) is -0.395. The molecule has 0 saturated carbocycles. The Balaban J connectivity index is 1.74. The summed E-state index contributed by atoms with van der Waals surface area (Å²) in [5.74, 6) is 0.241. The topological polar surface area (TPSA) is 71.8 Å². The largest absolute Gasteiger partial charge is 0.573 e. The van der Waals surface area contributed by atoms with Gasteiger partial charge in [-0.25, -0.2) is 0 Å². The Morgan fingerprint density at radius 3 is 2.32 bits per heavy atom. The molecule has 0 spiro atoms. The maximum atomic E-state index is 12.3. The summed E-state index contributed by atoms with van der Waals surface area (Å²) in [6.07, 6.45) is -4.23. The minimum Gasteiger partial charge on any atom is -0.457 e. The molecule has 0 amide bonds. The fourth-order valence-corrected chi connectivity index (χ4v) is 2.48. The standard InChI is InChI=1S/C20H16F3NO4/c21-20(22,23)28-17-3-1-2-16(11-17)27-15-6-4-13(5-7-15)18-10-14(8-9-24-18)19(26)12-25/h1-11,19,25-26H,12H2/t19-/m0/s1. The maximum Gasteiger partial charge on any atom is 0.573 e. The van der Waals surface area contributed by atoms with E-state index in [0.717, 1.165) is 11.6 Å². The molecule has 0 bridgehead atoms. The number of rotatable bonds is 6. The lowest BCUT2D eigenvalue weighted by molar-refractivity contribution is -0.274. The van der Waals surface area contributed by atoms with Crippen LogP contribution < -0.4 is 9.47 Å². The molecule has 28 heavy (non-hydrogen) atoms. The number of nitrogens with zero attached hydrogens (tertiary/aromatic N) is 1. The third kappa shape index (κ3) is 5.21. The Bertz CT molecular complexity index is 929. The molecule has 1 atom stereocenters. The van der Waals surface area contributed by atoms with Gasteiger partial charge in [-0.1, -0.05) is 6.07 Å². The van der Waals surface area contributed by atoms with Gasteiger partial charge >= 0.3 is 6.36 Å². The van der Waals surface area contributed by atoms with E-state index in [1.807, 2.05) is 0 Å². The summed E-state index contributed by atoms with van der Waals surface area (Å²) in [4.78, 5) is 4.23. The summed E-state index contributed by atoms with van der Waals surface area (Å²) in [7, 11) is 0. The molecule has 2 aromatic carbocycles. The second kappa shape index (κ2) is 8.28. The first-order chi connectivity index (χ1) is 13.3. The predicted molar refractivity (Wildman–Crippen MR) is 94.9 cm³/mol. The number of alkyl halides is 3. The molecule has 0 unspecified atom stereocenters. The first kappa shape index (κ1) is 19.7. The van der Waals surface area contributed by atoms with E-state index in [9.17, 15) is 18.3 Å². The Hall–Kier alpha value is -3.10. The van der Waals surface area contributed by atoms with Gasteiger partial charge in [0, 0.05) is 17.8 Å². The molecule has 0 fully saturated rings. The number of aliphatic hydroxyl groups is 2. The number of ether oxygens (including phenoxy) is 2. The Morgan fingerprint density at radius 2 is 1.64 bits per heavy atom. The van der Waals surface area contributed by atoms with Crippen molar-refractivity contribution in [1.82, 2.24) is 4.98 Å². The lowest BCUT2D eigenvalue weighted by atomic mass is 10.1. The van der Waals surface area contributed by atoms with Crippen molar-refractivity contribution in [3.8, 4) is 28.5 Å². The Kier molecular flexibility index (Phi) is 5.81. The first-order valence-corrected chi connectivity index (χ1v) is 8.23. The van der Waals surface area contributed by atoms with Gasteiger partial charge in [0.1, 0.15) is 23.4 Å². The number of hydrogen-bond acceptors (Lipinski definition) is 5. The van der Waals surface area contributed by atoms with Gasteiger partial charge in [0.05, 0.1) is 12.3 Å². The van der Waals surface area contributed by atoms with Gasteiger partial charge in [-0.15, -0.1) is 13.2 Å². The van der Waals surface area contributed by atoms with E-state index in [2.05, 4.69) is 9.72 Å². The molecule has 3 aromatic rings. The molecular formula is C20H16F3NO4. The van der Waals surface area contributed by atoms with Gasteiger partial charge in [0.15, 0.2) is 0 Å². The van der Waals surface area contributed by atoms with Crippen LogP contribution in [-0.4, -0.2) is 28.2 Å². The summed E-state index contributed by atoms with van der Waals surface area (Å²) in [5, 5.41) is 18.8. The highest BCUT2D eigenvalue weighted by Gasteiger charge is 2.31. The van der Waals surface area contributed by atoms with Crippen molar-refractivity contribution >= 4 is 0 Å². The van der Waals surface area contributed by atoms with Crippen LogP contribution >= 0.6 is 0 Å². The van der Waals surface area contributed by atoms with Crippen LogP contribution in [0.3, 0.4) is 0 Å². The smallest absolute Gasteiger partial charge is 0.457 e. The minimum absolute atomic E-state index is 0.195. The quantitative estimate of drug-likeness (QED) is 0.649. The molecule has 3 rings (SSSR count). The van der Waals surface area contributed by atoms with Crippen LogP contribution in [0.4, 0.5) is 13.2 Å². The highest BCUT2D eigenvalue weighted by molar-refractivity contribution is 5.61. The molecule has 0 radical (unpaired) electrons. The first-order valence-electron chi connectivity index (χ1n) is 8.23. The van der Waals surface area contributed by atoms with E-state index in [1.165, 1.54) is 24.4 Å². The highest BCUT2D eigenvalue weighted by Crippen LogP contribution is 2.30. The zero-order valence-corrected chi connectivity index (χ0v) is 14.4. The number of hydrogen-bond donors (Lipinski definition) is 2. The van der Waals surface area contributed by atoms with Crippen molar-refractivity contribution in [2.45, 2.75) is 12.5 Å². The fraction of sp³-hybridized carbons (Fsp3) is 0.150. The fourth-order valence-electron chi connectivity index (χ4n) is 2.48. The molecular weight excluding hydrogens is 375 g/mol. The Labute approximate surface area is 158 Å². The minimum atomic E-state index is -4.77. The van der Waals surface area contributed by atoms with Crippen LogP contribution in [0.1, 0.15) is 11.7 Å². The van der Waals surface area contributed by atoms with Gasteiger partial charge in [0.25, 0.3) is 0 Å². The van der Waals surface area contributed by atoms with Gasteiger partial charge in [-0.05, 0) is 54.1 Å². The van der Waals surface area contributed by atoms with Crippen molar-refractivity contribution in [3.63, 3.8) is 0 Å². The number of halogens is 3. The van der Waals surface area contributed by atoms with Gasteiger partial charge in [-0.2, -0.15) is 0 Å². The summed E-state index contributed by atoms with van der Waals surface area (Å²) in [6, 6.07) is 15.2. The molecule has 5 nitrogen and oxygen atoms in total. The van der Waals surface area contributed by atoms with Crippen molar-refractivity contribution in [2.24, 2.45) is 0 Å². The Morgan fingerprint density at radius 1 is 0.929 bits per heavy atom. The normalized spacial score (nSPS) is 12.5. The monoisotopic (exact) mass is 391 g/mol. The van der Waals surface area contributed by atoms with E-state index in [0.29, 0.717) is 17.0 Å². The highest BCUT2D eigenvalue weighted by atomic mass is 19.4. The number of benzene rings is 2. The molecule has 0 saturated heterocycles. The average Bonchev–Trinajstić information content (AvgIpc) is 2.67. The van der Waals surface area contributed by atoms with Crippen molar-refractivity contribution < 1.29 is 32.9 Å². The van der Waals surface area contributed by atoms with Crippen LogP contribution in [-0.2, 0) is 0 Å². The van der Waals surface area contributed by atoms with E-state index >= 15 is 0 Å². The van der Waals surface area contributed by atoms with Gasteiger partial charge in [-0.3, -0.25) is 4.98 Å².